The van der Waals surface area contributed by atoms with Gasteiger partial charge in [0.15, 0.2) is 0 Å². The summed E-state index contributed by atoms with van der Waals surface area (Å²) >= 11 is 0. The van der Waals surface area contributed by atoms with Crippen molar-refractivity contribution in [3.63, 3.8) is 0 Å². The Bertz CT molecular complexity index is 959. The highest BCUT2D eigenvalue weighted by Gasteiger charge is 2.13. The van der Waals surface area contributed by atoms with Gasteiger partial charge in [-0.1, -0.05) is 0 Å². The fraction of sp³-hybridized carbons (Fsp3) is 0.261. The Morgan fingerprint density at radius 3 is 2.30 bits per heavy atom. The summed E-state index contributed by atoms with van der Waals surface area (Å²) in [5.74, 6) is 0.148. The molecule has 0 atom stereocenters. The molecule has 0 heterocycles. The van der Waals surface area contributed by atoms with Crippen molar-refractivity contribution < 1.29 is 23.8 Å². The first kappa shape index (κ1) is 22.5. The van der Waals surface area contributed by atoms with E-state index in [-0.39, 0.29) is 12.2 Å². The number of ether oxygens (including phenoxy) is 3. The number of nitrogens with zero attached hydrogens (tertiary/aromatic N) is 1. The molecule has 0 aromatic heterocycles. The van der Waals surface area contributed by atoms with Crippen LogP contribution in [0.1, 0.15) is 36.7 Å². The zero-order chi connectivity index (χ0) is 21.9. The van der Waals surface area contributed by atoms with E-state index in [1.165, 1.54) is 6.08 Å². The number of hydrogen-bond donors (Lipinski definition) is 1. The zero-order valence-corrected chi connectivity index (χ0v) is 17.2. The Kier molecular flexibility index (Phi) is 8.45. The molecule has 0 radical (unpaired) electrons. The highest BCUT2D eigenvalue weighted by molar-refractivity contribution is 6.10. The van der Waals surface area contributed by atoms with Crippen LogP contribution >= 0.6 is 0 Å². The highest BCUT2D eigenvalue weighted by atomic mass is 16.5. The van der Waals surface area contributed by atoms with Crippen LogP contribution in [0.25, 0.3) is 6.08 Å². The second kappa shape index (κ2) is 11.3. The number of esters is 1. The number of anilines is 1. The molecule has 0 aliphatic rings. The Morgan fingerprint density at radius 1 is 1.00 bits per heavy atom. The summed E-state index contributed by atoms with van der Waals surface area (Å²) in [4.78, 5) is 24.3. The average Bonchev–Trinajstić information content (AvgIpc) is 2.74. The fourth-order valence-electron chi connectivity index (χ4n) is 2.58. The molecular formula is C23H24N2O5. The predicted molar refractivity (Wildman–Crippen MR) is 113 cm³/mol. The van der Waals surface area contributed by atoms with Gasteiger partial charge < -0.3 is 19.5 Å². The van der Waals surface area contributed by atoms with Gasteiger partial charge in [0, 0.05) is 17.3 Å². The lowest BCUT2D eigenvalue weighted by Gasteiger charge is -2.11. The van der Waals surface area contributed by atoms with Crippen molar-refractivity contribution >= 4 is 23.6 Å². The molecule has 2 rings (SSSR count). The minimum Gasteiger partial charge on any atom is -0.494 e. The Hall–Kier alpha value is -3.79. The number of rotatable bonds is 9. The summed E-state index contributed by atoms with van der Waals surface area (Å²) in [7, 11) is 0. The van der Waals surface area contributed by atoms with Crippen LogP contribution in [0.3, 0.4) is 0 Å². The Morgan fingerprint density at radius 2 is 1.70 bits per heavy atom. The van der Waals surface area contributed by atoms with Crippen LogP contribution in [-0.4, -0.2) is 31.7 Å². The maximum Gasteiger partial charge on any atom is 0.338 e. The lowest BCUT2D eigenvalue weighted by Crippen LogP contribution is -2.14. The molecule has 2 aromatic rings. The van der Waals surface area contributed by atoms with E-state index in [0.717, 1.165) is 0 Å². The summed E-state index contributed by atoms with van der Waals surface area (Å²) in [5, 5.41) is 12.1. The van der Waals surface area contributed by atoms with E-state index in [9.17, 15) is 14.9 Å². The normalized spacial score (nSPS) is 10.7. The number of amides is 1. The molecule has 0 bridgehead atoms. The summed E-state index contributed by atoms with van der Waals surface area (Å²) in [6, 6.07) is 13.3. The first-order valence-corrected chi connectivity index (χ1v) is 9.62. The number of nitriles is 1. The van der Waals surface area contributed by atoms with Crippen molar-refractivity contribution in [2.75, 3.05) is 25.1 Å². The van der Waals surface area contributed by atoms with Crippen LogP contribution in [0.2, 0.25) is 0 Å². The van der Waals surface area contributed by atoms with Gasteiger partial charge in [-0.25, -0.2) is 4.79 Å². The van der Waals surface area contributed by atoms with E-state index in [1.54, 1.807) is 49.4 Å². The standard InChI is InChI=1S/C23H24N2O5/c1-4-28-20-12-9-17(21(14-20)29-5-2)13-18(15-24)22(26)25-19-10-7-16(8-11-19)23(27)30-6-3/h7-14H,4-6H2,1-3H3,(H,25,26)/b18-13+. The van der Waals surface area contributed by atoms with Crippen LogP contribution in [-0.2, 0) is 9.53 Å². The molecule has 1 N–H and O–H groups in total. The Labute approximate surface area is 175 Å². The third kappa shape index (κ3) is 6.11. The molecule has 0 fully saturated rings. The second-order valence-corrected chi connectivity index (χ2v) is 5.99. The van der Waals surface area contributed by atoms with Crippen molar-refractivity contribution in [2.45, 2.75) is 20.8 Å². The lowest BCUT2D eigenvalue weighted by atomic mass is 10.1. The highest BCUT2D eigenvalue weighted by Crippen LogP contribution is 2.27. The van der Waals surface area contributed by atoms with Gasteiger partial charge in [-0.05, 0) is 63.2 Å². The third-order valence-corrected chi connectivity index (χ3v) is 3.91. The molecule has 0 saturated heterocycles. The maximum absolute atomic E-state index is 12.5. The second-order valence-electron chi connectivity index (χ2n) is 5.99. The summed E-state index contributed by atoms with van der Waals surface area (Å²) in [6.45, 7) is 6.68. The predicted octanol–water partition coefficient (Wildman–Crippen LogP) is 4.21. The van der Waals surface area contributed by atoms with Gasteiger partial charge in [-0.15, -0.1) is 0 Å². The van der Waals surface area contributed by atoms with E-state index in [4.69, 9.17) is 14.2 Å². The first-order valence-electron chi connectivity index (χ1n) is 9.62. The minimum absolute atomic E-state index is 0.0883. The molecule has 0 aliphatic heterocycles. The molecule has 7 nitrogen and oxygen atoms in total. The monoisotopic (exact) mass is 408 g/mol. The van der Waals surface area contributed by atoms with E-state index < -0.39 is 11.9 Å². The molecule has 156 valence electrons. The van der Waals surface area contributed by atoms with E-state index in [0.29, 0.717) is 41.5 Å². The van der Waals surface area contributed by atoms with Crippen molar-refractivity contribution in [1.82, 2.24) is 0 Å². The quantitative estimate of drug-likeness (QED) is 0.379. The molecule has 1 amide bonds. The van der Waals surface area contributed by atoms with Gasteiger partial charge in [0.05, 0.1) is 25.4 Å². The molecule has 30 heavy (non-hydrogen) atoms. The van der Waals surface area contributed by atoms with Crippen molar-refractivity contribution in [3.8, 4) is 17.6 Å². The molecular weight excluding hydrogens is 384 g/mol. The van der Waals surface area contributed by atoms with Crippen molar-refractivity contribution in [3.05, 3.63) is 59.2 Å². The molecule has 0 saturated carbocycles. The minimum atomic E-state index is -0.572. The maximum atomic E-state index is 12.5. The lowest BCUT2D eigenvalue weighted by molar-refractivity contribution is -0.112. The topological polar surface area (TPSA) is 97.7 Å². The van der Waals surface area contributed by atoms with Crippen LogP contribution in [0, 0.1) is 11.3 Å². The number of carbonyl (C=O) groups is 2. The number of hydrogen-bond acceptors (Lipinski definition) is 6. The fourth-order valence-corrected chi connectivity index (χ4v) is 2.58. The smallest absolute Gasteiger partial charge is 0.338 e. The number of nitrogens with one attached hydrogen (secondary N) is 1. The summed E-state index contributed by atoms with van der Waals surface area (Å²) < 4.78 is 16.0. The van der Waals surface area contributed by atoms with Gasteiger partial charge in [0.1, 0.15) is 23.1 Å². The van der Waals surface area contributed by atoms with Crippen molar-refractivity contribution in [1.29, 1.82) is 5.26 Å². The van der Waals surface area contributed by atoms with Crippen molar-refractivity contribution in [2.24, 2.45) is 0 Å². The number of benzene rings is 2. The van der Waals surface area contributed by atoms with Gasteiger partial charge in [0.2, 0.25) is 0 Å². The van der Waals surface area contributed by atoms with Gasteiger partial charge in [0.25, 0.3) is 5.91 Å². The third-order valence-electron chi connectivity index (χ3n) is 3.91. The van der Waals surface area contributed by atoms with Gasteiger partial charge in [-0.3, -0.25) is 4.79 Å². The number of carbonyl (C=O) groups excluding carboxylic acids is 2. The molecule has 0 aliphatic carbocycles. The van der Waals surface area contributed by atoms with E-state index in [2.05, 4.69) is 5.32 Å². The summed E-state index contributed by atoms with van der Waals surface area (Å²) in [5.41, 5.74) is 1.33. The summed E-state index contributed by atoms with van der Waals surface area (Å²) in [6.07, 6.45) is 1.46. The first-order chi connectivity index (χ1) is 14.5. The van der Waals surface area contributed by atoms with Crippen LogP contribution < -0.4 is 14.8 Å². The molecule has 0 spiro atoms. The van der Waals surface area contributed by atoms with Crippen LogP contribution in [0.4, 0.5) is 5.69 Å². The largest absolute Gasteiger partial charge is 0.494 e. The van der Waals surface area contributed by atoms with Gasteiger partial charge in [-0.2, -0.15) is 5.26 Å². The molecule has 7 heteroatoms. The SMILES string of the molecule is CCOC(=O)c1ccc(NC(=O)/C(C#N)=C/c2ccc(OCC)cc2OCC)cc1. The van der Waals surface area contributed by atoms with E-state index in [1.807, 2.05) is 19.9 Å². The molecule has 0 unspecified atom stereocenters. The van der Waals surface area contributed by atoms with Gasteiger partial charge >= 0.3 is 5.97 Å². The van der Waals surface area contributed by atoms with Crippen LogP contribution in [0.5, 0.6) is 11.5 Å². The zero-order valence-electron chi connectivity index (χ0n) is 17.2. The molecule has 2 aromatic carbocycles. The van der Waals surface area contributed by atoms with E-state index >= 15 is 0 Å². The van der Waals surface area contributed by atoms with Crippen LogP contribution in [0.15, 0.2) is 48.0 Å². The Balaban J connectivity index is 2.21. The average molecular weight is 408 g/mol.